The van der Waals surface area contributed by atoms with Crippen LogP contribution in [-0.4, -0.2) is 34.5 Å². The quantitative estimate of drug-likeness (QED) is 0.631. The van der Waals surface area contributed by atoms with E-state index in [2.05, 4.69) is 0 Å². The standard InChI is InChI=1S/C11H22O4/c1-4-5-9(12)6-10(13)7-11(14)15-8(2)3/h8-10,12-13H,4-7H2,1-3H3/t9-,10-/m1/s1. The number of ether oxygens (including phenoxy) is 1. The third-order valence-corrected chi connectivity index (χ3v) is 1.94. The average Bonchev–Trinajstić information content (AvgIpc) is 2.00. The van der Waals surface area contributed by atoms with Gasteiger partial charge < -0.3 is 14.9 Å². The molecule has 2 N–H and O–H groups in total. The molecule has 0 saturated heterocycles. The van der Waals surface area contributed by atoms with Gasteiger partial charge in [0.05, 0.1) is 24.7 Å². The van der Waals surface area contributed by atoms with Gasteiger partial charge in [0.25, 0.3) is 0 Å². The molecular weight excluding hydrogens is 196 g/mol. The van der Waals surface area contributed by atoms with Gasteiger partial charge in [-0.25, -0.2) is 0 Å². The van der Waals surface area contributed by atoms with Crippen LogP contribution >= 0.6 is 0 Å². The molecule has 0 aliphatic rings. The molecule has 0 aromatic carbocycles. The molecular formula is C11H22O4. The maximum atomic E-state index is 11.1. The minimum absolute atomic E-state index is 0.0427. The zero-order valence-corrected chi connectivity index (χ0v) is 9.77. The number of aliphatic hydroxyl groups is 2. The summed E-state index contributed by atoms with van der Waals surface area (Å²) in [5.74, 6) is -0.416. The largest absolute Gasteiger partial charge is 0.463 e. The summed E-state index contributed by atoms with van der Waals surface area (Å²) >= 11 is 0. The van der Waals surface area contributed by atoms with Crippen LogP contribution in [0, 0.1) is 0 Å². The predicted molar refractivity (Wildman–Crippen MR) is 57.4 cm³/mol. The summed E-state index contributed by atoms with van der Waals surface area (Å²) in [6.07, 6.45) is 0.209. The van der Waals surface area contributed by atoms with Crippen molar-refractivity contribution in [2.24, 2.45) is 0 Å². The lowest BCUT2D eigenvalue weighted by Gasteiger charge is -2.15. The van der Waals surface area contributed by atoms with Crippen molar-refractivity contribution in [3.63, 3.8) is 0 Å². The van der Waals surface area contributed by atoms with E-state index in [9.17, 15) is 15.0 Å². The first kappa shape index (κ1) is 14.4. The highest BCUT2D eigenvalue weighted by atomic mass is 16.5. The molecule has 0 amide bonds. The lowest BCUT2D eigenvalue weighted by atomic mass is 10.1. The Kier molecular flexibility index (Phi) is 7.34. The van der Waals surface area contributed by atoms with Crippen LogP contribution in [0.4, 0.5) is 0 Å². The normalized spacial score (nSPS) is 15.1. The van der Waals surface area contributed by atoms with Crippen LogP contribution in [0.3, 0.4) is 0 Å². The minimum atomic E-state index is -0.808. The first-order chi connectivity index (χ1) is 6.95. The zero-order chi connectivity index (χ0) is 11.8. The fourth-order valence-corrected chi connectivity index (χ4v) is 1.35. The lowest BCUT2D eigenvalue weighted by molar-refractivity contribution is -0.149. The van der Waals surface area contributed by atoms with Crippen LogP contribution in [-0.2, 0) is 9.53 Å². The predicted octanol–water partition coefficient (Wildman–Crippen LogP) is 1.24. The summed E-state index contributed by atoms with van der Waals surface area (Å²) in [5.41, 5.74) is 0. The molecule has 4 heteroatoms. The molecule has 0 aromatic rings. The molecule has 0 aliphatic heterocycles. The van der Waals surface area contributed by atoms with Gasteiger partial charge in [0.1, 0.15) is 0 Å². The minimum Gasteiger partial charge on any atom is -0.463 e. The summed E-state index contributed by atoms with van der Waals surface area (Å²) in [5, 5.41) is 18.9. The fourth-order valence-electron chi connectivity index (χ4n) is 1.35. The Balaban J connectivity index is 3.72. The molecule has 90 valence electrons. The third-order valence-electron chi connectivity index (χ3n) is 1.94. The van der Waals surface area contributed by atoms with Crippen molar-refractivity contribution in [3.8, 4) is 0 Å². The second-order valence-electron chi connectivity index (χ2n) is 4.07. The van der Waals surface area contributed by atoms with Crippen molar-refractivity contribution in [2.75, 3.05) is 0 Å². The monoisotopic (exact) mass is 218 g/mol. The van der Waals surface area contributed by atoms with E-state index in [0.717, 1.165) is 6.42 Å². The SMILES string of the molecule is CCC[C@@H](O)C[C@@H](O)CC(=O)OC(C)C. The Morgan fingerprint density at radius 3 is 2.33 bits per heavy atom. The van der Waals surface area contributed by atoms with Gasteiger partial charge in [-0.2, -0.15) is 0 Å². The molecule has 0 unspecified atom stereocenters. The molecule has 4 nitrogen and oxygen atoms in total. The van der Waals surface area contributed by atoms with Crippen molar-refractivity contribution in [1.82, 2.24) is 0 Å². The van der Waals surface area contributed by atoms with Gasteiger partial charge in [-0.15, -0.1) is 0 Å². The van der Waals surface area contributed by atoms with E-state index in [1.54, 1.807) is 13.8 Å². The molecule has 0 aliphatic carbocycles. The van der Waals surface area contributed by atoms with E-state index in [1.165, 1.54) is 0 Å². The average molecular weight is 218 g/mol. The van der Waals surface area contributed by atoms with Gasteiger partial charge in [0.15, 0.2) is 0 Å². The lowest BCUT2D eigenvalue weighted by Crippen LogP contribution is -2.23. The molecule has 0 spiro atoms. The molecule has 0 bridgehead atoms. The Hall–Kier alpha value is -0.610. The summed E-state index contributed by atoms with van der Waals surface area (Å²) in [6, 6.07) is 0. The van der Waals surface area contributed by atoms with Crippen molar-refractivity contribution in [3.05, 3.63) is 0 Å². The smallest absolute Gasteiger partial charge is 0.308 e. The van der Waals surface area contributed by atoms with E-state index in [1.807, 2.05) is 6.92 Å². The summed E-state index contributed by atoms with van der Waals surface area (Å²) < 4.78 is 4.88. The van der Waals surface area contributed by atoms with E-state index in [-0.39, 0.29) is 18.9 Å². The van der Waals surface area contributed by atoms with Crippen molar-refractivity contribution >= 4 is 5.97 Å². The highest BCUT2D eigenvalue weighted by molar-refractivity contribution is 5.70. The first-order valence-corrected chi connectivity index (χ1v) is 5.51. The Morgan fingerprint density at radius 1 is 1.27 bits per heavy atom. The van der Waals surface area contributed by atoms with Gasteiger partial charge in [-0.1, -0.05) is 13.3 Å². The van der Waals surface area contributed by atoms with Crippen LogP contribution < -0.4 is 0 Å². The topological polar surface area (TPSA) is 66.8 Å². The van der Waals surface area contributed by atoms with Crippen LogP contribution in [0.2, 0.25) is 0 Å². The first-order valence-electron chi connectivity index (χ1n) is 5.51. The van der Waals surface area contributed by atoms with E-state index >= 15 is 0 Å². The van der Waals surface area contributed by atoms with Crippen LogP contribution in [0.5, 0.6) is 0 Å². The van der Waals surface area contributed by atoms with Crippen LogP contribution in [0.25, 0.3) is 0 Å². The molecule has 2 atom stereocenters. The van der Waals surface area contributed by atoms with Crippen LogP contribution in [0.15, 0.2) is 0 Å². The number of aliphatic hydroxyl groups excluding tert-OH is 2. The molecule has 0 radical (unpaired) electrons. The molecule has 0 heterocycles. The highest BCUT2D eigenvalue weighted by Gasteiger charge is 2.16. The number of esters is 1. The Bertz CT molecular complexity index is 179. The number of hydrogen-bond acceptors (Lipinski definition) is 4. The number of carbonyl (C=O) groups is 1. The van der Waals surface area contributed by atoms with Gasteiger partial charge in [-0.3, -0.25) is 4.79 Å². The maximum Gasteiger partial charge on any atom is 0.308 e. The van der Waals surface area contributed by atoms with Gasteiger partial charge in [0, 0.05) is 0 Å². The van der Waals surface area contributed by atoms with Gasteiger partial charge in [-0.05, 0) is 26.7 Å². The Morgan fingerprint density at radius 2 is 1.87 bits per heavy atom. The Labute approximate surface area is 91.3 Å². The summed E-state index contributed by atoms with van der Waals surface area (Å²) in [7, 11) is 0. The summed E-state index contributed by atoms with van der Waals surface area (Å²) in [4.78, 5) is 11.1. The number of carbonyl (C=O) groups excluding carboxylic acids is 1. The van der Waals surface area contributed by atoms with E-state index in [4.69, 9.17) is 4.74 Å². The maximum absolute atomic E-state index is 11.1. The highest BCUT2D eigenvalue weighted by Crippen LogP contribution is 2.08. The number of hydrogen-bond donors (Lipinski definition) is 2. The number of rotatable bonds is 7. The second kappa shape index (κ2) is 7.65. The fraction of sp³-hybridized carbons (Fsp3) is 0.909. The van der Waals surface area contributed by atoms with Crippen molar-refractivity contribution in [1.29, 1.82) is 0 Å². The molecule has 0 fully saturated rings. The van der Waals surface area contributed by atoms with Gasteiger partial charge >= 0.3 is 5.97 Å². The molecule has 0 aromatic heterocycles. The van der Waals surface area contributed by atoms with Crippen molar-refractivity contribution < 1.29 is 19.7 Å². The second-order valence-corrected chi connectivity index (χ2v) is 4.07. The molecule has 15 heavy (non-hydrogen) atoms. The molecule has 0 saturated carbocycles. The molecule has 0 rings (SSSR count). The van der Waals surface area contributed by atoms with Crippen molar-refractivity contribution in [2.45, 2.75) is 64.8 Å². The van der Waals surface area contributed by atoms with Gasteiger partial charge in [0.2, 0.25) is 0 Å². The van der Waals surface area contributed by atoms with E-state index in [0.29, 0.717) is 6.42 Å². The zero-order valence-electron chi connectivity index (χ0n) is 9.77. The third kappa shape index (κ3) is 8.39. The van der Waals surface area contributed by atoms with Crippen LogP contribution in [0.1, 0.15) is 46.5 Å². The summed E-state index contributed by atoms with van der Waals surface area (Å²) in [6.45, 7) is 5.48. The van der Waals surface area contributed by atoms with E-state index < -0.39 is 18.2 Å².